The number of hydrogen-bond donors (Lipinski definition) is 0. The fourth-order valence-corrected chi connectivity index (χ4v) is 2.13. The van der Waals surface area contributed by atoms with Gasteiger partial charge in [-0.25, -0.2) is 0 Å². The molecule has 0 saturated carbocycles. The summed E-state index contributed by atoms with van der Waals surface area (Å²) in [6.07, 6.45) is 0. The number of rotatable bonds is 5. The average molecular weight is 293 g/mol. The van der Waals surface area contributed by atoms with Gasteiger partial charge in [-0.05, 0) is 18.2 Å². The lowest BCUT2D eigenvalue weighted by Gasteiger charge is -2.07. The zero-order chi connectivity index (χ0) is 14.5. The molecular weight excluding hydrogens is 278 g/mol. The molecule has 2 rings (SSSR count). The van der Waals surface area contributed by atoms with E-state index in [-0.39, 0.29) is 11.7 Å². The van der Waals surface area contributed by atoms with Crippen LogP contribution in [-0.2, 0) is 4.79 Å². The van der Waals surface area contributed by atoms with Crippen molar-refractivity contribution in [2.24, 2.45) is 0 Å². The quantitative estimate of drug-likeness (QED) is 0.785. The lowest BCUT2D eigenvalue weighted by Crippen LogP contribution is -2.23. The maximum atomic E-state index is 11.5. The smallest absolute Gasteiger partial charge is 0.277 e. The Hall–Kier alpha value is -2.02. The predicted molar refractivity (Wildman–Crippen MR) is 75.7 cm³/mol. The van der Waals surface area contributed by atoms with Gasteiger partial charge in [0.25, 0.3) is 5.22 Å². The van der Waals surface area contributed by atoms with E-state index >= 15 is 0 Å². The van der Waals surface area contributed by atoms with Gasteiger partial charge in [-0.2, -0.15) is 0 Å². The number of carbonyl (C=O) groups excluding carboxylic acids is 1. The summed E-state index contributed by atoms with van der Waals surface area (Å²) in [4.78, 5) is 13.0. The number of aromatic nitrogens is 2. The van der Waals surface area contributed by atoms with Crippen molar-refractivity contribution in [3.05, 3.63) is 24.3 Å². The maximum absolute atomic E-state index is 11.5. The first-order valence-electron chi connectivity index (χ1n) is 5.91. The van der Waals surface area contributed by atoms with Gasteiger partial charge in [-0.3, -0.25) is 4.79 Å². The molecular formula is C13H15N3O3S. The summed E-state index contributed by atoms with van der Waals surface area (Å²) in [6.45, 7) is 0. The summed E-state index contributed by atoms with van der Waals surface area (Å²) >= 11 is 1.22. The van der Waals surface area contributed by atoms with Crippen LogP contribution in [0.25, 0.3) is 11.5 Å². The second-order valence-corrected chi connectivity index (χ2v) is 5.11. The summed E-state index contributed by atoms with van der Waals surface area (Å²) in [5, 5.41) is 8.25. The summed E-state index contributed by atoms with van der Waals surface area (Å²) in [7, 11) is 5.01. The van der Waals surface area contributed by atoms with Crippen molar-refractivity contribution in [3.63, 3.8) is 0 Å². The number of methoxy groups -OCH3 is 1. The van der Waals surface area contributed by atoms with Crippen molar-refractivity contribution in [2.45, 2.75) is 5.22 Å². The highest BCUT2D eigenvalue weighted by Gasteiger charge is 2.12. The number of hydrogen-bond acceptors (Lipinski definition) is 6. The minimum Gasteiger partial charge on any atom is -0.497 e. The van der Waals surface area contributed by atoms with Crippen LogP contribution in [0.5, 0.6) is 5.75 Å². The van der Waals surface area contributed by atoms with Crippen LogP contribution in [0.1, 0.15) is 0 Å². The number of thioether (sulfide) groups is 1. The van der Waals surface area contributed by atoms with Crippen LogP contribution in [0.4, 0.5) is 0 Å². The molecule has 0 radical (unpaired) electrons. The van der Waals surface area contributed by atoms with E-state index in [2.05, 4.69) is 10.2 Å². The molecule has 0 spiro atoms. The van der Waals surface area contributed by atoms with Gasteiger partial charge >= 0.3 is 0 Å². The molecule has 1 aromatic carbocycles. The van der Waals surface area contributed by atoms with Crippen molar-refractivity contribution in [2.75, 3.05) is 27.0 Å². The predicted octanol–water partition coefficient (Wildman–Crippen LogP) is 1.93. The third-order valence-electron chi connectivity index (χ3n) is 2.54. The second-order valence-electron chi connectivity index (χ2n) is 4.18. The van der Waals surface area contributed by atoms with E-state index in [9.17, 15) is 4.79 Å². The Morgan fingerprint density at radius 2 is 2.20 bits per heavy atom. The van der Waals surface area contributed by atoms with Gasteiger partial charge in [0.2, 0.25) is 11.8 Å². The third-order valence-corrected chi connectivity index (χ3v) is 3.34. The standard InChI is InChI=1S/C13H15N3O3S/c1-16(2)11(17)8-20-13-15-14-12(19-13)9-5-4-6-10(7-9)18-3/h4-7H,8H2,1-3H3. The Labute approximate surface area is 121 Å². The van der Waals surface area contributed by atoms with Gasteiger partial charge in [-0.15, -0.1) is 10.2 Å². The van der Waals surface area contributed by atoms with Crippen molar-refractivity contribution in [1.29, 1.82) is 0 Å². The number of benzene rings is 1. The van der Waals surface area contributed by atoms with E-state index in [0.29, 0.717) is 11.1 Å². The van der Waals surface area contributed by atoms with E-state index in [1.54, 1.807) is 21.2 Å². The summed E-state index contributed by atoms with van der Waals surface area (Å²) in [6, 6.07) is 7.36. The summed E-state index contributed by atoms with van der Waals surface area (Å²) in [5.74, 6) is 1.39. The molecule has 0 aliphatic rings. The fraction of sp³-hybridized carbons (Fsp3) is 0.308. The van der Waals surface area contributed by atoms with Crippen molar-refractivity contribution in [1.82, 2.24) is 15.1 Å². The van der Waals surface area contributed by atoms with Crippen LogP contribution in [0.15, 0.2) is 33.9 Å². The van der Waals surface area contributed by atoms with Crippen molar-refractivity contribution in [3.8, 4) is 17.2 Å². The topological polar surface area (TPSA) is 68.5 Å². The van der Waals surface area contributed by atoms with Crippen molar-refractivity contribution >= 4 is 17.7 Å². The molecule has 20 heavy (non-hydrogen) atoms. The van der Waals surface area contributed by atoms with E-state index in [1.807, 2.05) is 24.3 Å². The van der Waals surface area contributed by atoms with Gasteiger partial charge in [0.05, 0.1) is 12.9 Å². The maximum Gasteiger partial charge on any atom is 0.277 e. The largest absolute Gasteiger partial charge is 0.497 e. The van der Waals surface area contributed by atoms with E-state index < -0.39 is 0 Å². The molecule has 0 N–H and O–H groups in total. The van der Waals surface area contributed by atoms with Crippen molar-refractivity contribution < 1.29 is 13.9 Å². The van der Waals surface area contributed by atoms with Crippen LogP contribution < -0.4 is 4.74 Å². The monoisotopic (exact) mass is 293 g/mol. The van der Waals surface area contributed by atoms with Crippen LogP contribution in [0, 0.1) is 0 Å². The molecule has 0 aliphatic carbocycles. The Morgan fingerprint density at radius 3 is 2.90 bits per heavy atom. The Morgan fingerprint density at radius 1 is 1.40 bits per heavy atom. The molecule has 6 nitrogen and oxygen atoms in total. The molecule has 7 heteroatoms. The highest BCUT2D eigenvalue weighted by molar-refractivity contribution is 7.99. The third kappa shape index (κ3) is 3.51. The van der Waals surface area contributed by atoms with E-state index in [0.717, 1.165) is 11.3 Å². The number of nitrogens with zero attached hydrogens (tertiary/aromatic N) is 3. The molecule has 2 aromatic rings. The Bertz CT molecular complexity index is 598. The van der Waals surface area contributed by atoms with Crippen LogP contribution in [0.3, 0.4) is 0 Å². The minimum absolute atomic E-state index is 0.00358. The van der Waals surface area contributed by atoms with Gasteiger partial charge in [0.1, 0.15) is 5.75 Å². The molecule has 0 saturated heterocycles. The molecule has 0 atom stereocenters. The SMILES string of the molecule is COc1cccc(-c2nnc(SCC(=O)N(C)C)o2)c1. The summed E-state index contributed by atoms with van der Waals surface area (Å²) < 4.78 is 10.7. The first-order chi connectivity index (χ1) is 9.60. The Kier molecular flexibility index (Phi) is 4.62. The van der Waals surface area contributed by atoms with Gasteiger partial charge in [0.15, 0.2) is 0 Å². The normalized spacial score (nSPS) is 10.3. The number of ether oxygens (including phenoxy) is 1. The van der Waals surface area contributed by atoms with Gasteiger partial charge in [-0.1, -0.05) is 17.8 Å². The second kappa shape index (κ2) is 6.42. The van der Waals surface area contributed by atoms with Crippen LogP contribution in [-0.4, -0.2) is 48.0 Å². The molecule has 106 valence electrons. The molecule has 0 aliphatic heterocycles. The minimum atomic E-state index is -0.00358. The first kappa shape index (κ1) is 14.4. The highest BCUT2D eigenvalue weighted by atomic mass is 32.2. The molecule has 0 bridgehead atoms. The fourth-order valence-electron chi connectivity index (χ4n) is 1.39. The molecule has 0 fully saturated rings. The zero-order valence-electron chi connectivity index (χ0n) is 11.5. The highest BCUT2D eigenvalue weighted by Crippen LogP contribution is 2.25. The molecule has 1 amide bonds. The van der Waals surface area contributed by atoms with Gasteiger partial charge in [0, 0.05) is 19.7 Å². The Balaban J connectivity index is 2.06. The molecule has 1 aromatic heterocycles. The van der Waals surface area contributed by atoms with Crippen LogP contribution >= 0.6 is 11.8 Å². The number of amides is 1. The molecule has 1 heterocycles. The zero-order valence-corrected chi connectivity index (χ0v) is 12.3. The number of carbonyl (C=O) groups is 1. The molecule has 0 unspecified atom stereocenters. The first-order valence-corrected chi connectivity index (χ1v) is 6.89. The summed E-state index contributed by atoms with van der Waals surface area (Å²) in [5.41, 5.74) is 0.780. The lowest BCUT2D eigenvalue weighted by atomic mass is 10.2. The average Bonchev–Trinajstić information content (AvgIpc) is 2.93. The van der Waals surface area contributed by atoms with E-state index in [1.165, 1.54) is 16.7 Å². The lowest BCUT2D eigenvalue weighted by molar-refractivity contribution is -0.125. The van der Waals surface area contributed by atoms with Crippen LogP contribution in [0.2, 0.25) is 0 Å². The van der Waals surface area contributed by atoms with E-state index in [4.69, 9.17) is 9.15 Å². The van der Waals surface area contributed by atoms with Gasteiger partial charge < -0.3 is 14.1 Å².